The number of nitrogens with one attached hydrogen (secondary N) is 1. The number of carboxylic acids is 1. The standard InChI is InChI=1S/C12H16BrNO4/c1-7(12(15)16)14-6-9-10(13)4-8(17-2)5-11(9)18-3/h4-5,7,14H,6H2,1-3H3,(H,15,16). The van der Waals surface area contributed by atoms with Gasteiger partial charge in [0.25, 0.3) is 0 Å². The molecule has 0 amide bonds. The molecule has 6 heteroatoms. The lowest BCUT2D eigenvalue weighted by Crippen LogP contribution is -2.33. The van der Waals surface area contributed by atoms with Gasteiger partial charge < -0.3 is 19.9 Å². The van der Waals surface area contributed by atoms with Gasteiger partial charge in [0, 0.05) is 22.6 Å². The van der Waals surface area contributed by atoms with Crippen LogP contribution in [-0.2, 0) is 11.3 Å². The van der Waals surface area contributed by atoms with Gasteiger partial charge in [-0.25, -0.2) is 0 Å². The average Bonchev–Trinajstić information content (AvgIpc) is 2.35. The summed E-state index contributed by atoms with van der Waals surface area (Å²) in [5.74, 6) is 0.429. The molecule has 0 fully saturated rings. The zero-order valence-electron chi connectivity index (χ0n) is 10.5. The molecular weight excluding hydrogens is 302 g/mol. The van der Waals surface area contributed by atoms with Crippen LogP contribution in [0.15, 0.2) is 16.6 Å². The van der Waals surface area contributed by atoms with Crippen molar-refractivity contribution in [1.29, 1.82) is 0 Å². The molecular formula is C12H16BrNO4. The second-order valence-corrected chi connectivity index (χ2v) is 4.59. The smallest absolute Gasteiger partial charge is 0.320 e. The molecule has 1 atom stereocenters. The van der Waals surface area contributed by atoms with Gasteiger partial charge in [-0.05, 0) is 13.0 Å². The number of rotatable bonds is 6. The highest BCUT2D eigenvalue weighted by molar-refractivity contribution is 9.10. The highest BCUT2D eigenvalue weighted by Gasteiger charge is 2.14. The van der Waals surface area contributed by atoms with Crippen molar-refractivity contribution in [3.05, 3.63) is 22.2 Å². The third kappa shape index (κ3) is 3.61. The maximum Gasteiger partial charge on any atom is 0.320 e. The number of benzene rings is 1. The zero-order chi connectivity index (χ0) is 13.7. The summed E-state index contributed by atoms with van der Waals surface area (Å²) in [6, 6.07) is 2.95. The van der Waals surface area contributed by atoms with Crippen LogP contribution in [0.1, 0.15) is 12.5 Å². The fourth-order valence-corrected chi connectivity index (χ4v) is 1.96. The van der Waals surface area contributed by atoms with Crippen molar-refractivity contribution < 1.29 is 19.4 Å². The van der Waals surface area contributed by atoms with Gasteiger partial charge in [-0.3, -0.25) is 4.79 Å². The van der Waals surface area contributed by atoms with Gasteiger partial charge in [0.15, 0.2) is 0 Å². The predicted molar refractivity (Wildman–Crippen MR) is 71.2 cm³/mol. The van der Waals surface area contributed by atoms with E-state index in [0.29, 0.717) is 18.0 Å². The molecule has 1 unspecified atom stereocenters. The van der Waals surface area contributed by atoms with E-state index >= 15 is 0 Å². The van der Waals surface area contributed by atoms with E-state index in [-0.39, 0.29) is 0 Å². The van der Waals surface area contributed by atoms with Crippen molar-refractivity contribution in [2.24, 2.45) is 0 Å². The van der Waals surface area contributed by atoms with Crippen LogP contribution in [-0.4, -0.2) is 31.3 Å². The van der Waals surface area contributed by atoms with Crippen LogP contribution in [0.4, 0.5) is 0 Å². The van der Waals surface area contributed by atoms with Crippen molar-refractivity contribution in [1.82, 2.24) is 5.32 Å². The van der Waals surface area contributed by atoms with E-state index in [2.05, 4.69) is 21.2 Å². The van der Waals surface area contributed by atoms with E-state index < -0.39 is 12.0 Å². The Morgan fingerprint density at radius 3 is 2.61 bits per heavy atom. The Balaban J connectivity index is 2.90. The first-order valence-corrected chi connectivity index (χ1v) is 6.15. The molecule has 18 heavy (non-hydrogen) atoms. The van der Waals surface area contributed by atoms with E-state index in [9.17, 15) is 4.79 Å². The number of hydrogen-bond acceptors (Lipinski definition) is 4. The number of ether oxygens (including phenoxy) is 2. The van der Waals surface area contributed by atoms with E-state index in [1.165, 1.54) is 0 Å². The molecule has 0 aliphatic rings. The Morgan fingerprint density at radius 2 is 2.11 bits per heavy atom. The van der Waals surface area contributed by atoms with Crippen LogP contribution in [0.5, 0.6) is 11.5 Å². The monoisotopic (exact) mass is 317 g/mol. The molecule has 0 heterocycles. The zero-order valence-corrected chi connectivity index (χ0v) is 12.1. The molecule has 0 bridgehead atoms. The molecule has 1 aromatic carbocycles. The van der Waals surface area contributed by atoms with E-state index in [0.717, 1.165) is 10.0 Å². The van der Waals surface area contributed by atoms with Gasteiger partial charge in [-0.15, -0.1) is 0 Å². The van der Waals surface area contributed by atoms with Crippen molar-refractivity contribution in [3.8, 4) is 11.5 Å². The summed E-state index contributed by atoms with van der Waals surface area (Å²) in [6.45, 7) is 1.98. The Kier molecular flexibility index (Phi) is 5.43. The molecule has 2 N–H and O–H groups in total. The third-order valence-electron chi connectivity index (χ3n) is 2.54. The molecule has 0 aliphatic carbocycles. The molecule has 0 aromatic heterocycles. The lowest BCUT2D eigenvalue weighted by atomic mass is 10.1. The topological polar surface area (TPSA) is 67.8 Å². The van der Waals surface area contributed by atoms with Crippen molar-refractivity contribution in [3.63, 3.8) is 0 Å². The molecule has 0 radical (unpaired) electrons. The number of aliphatic carboxylic acids is 1. The Hall–Kier alpha value is -1.27. The Morgan fingerprint density at radius 1 is 1.44 bits per heavy atom. The quantitative estimate of drug-likeness (QED) is 0.840. The summed E-state index contributed by atoms with van der Waals surface area (Å²) in [4.78, 5) is 10.7. The normalized spacial score (nSPS) is 12.0. The van der Waals surface area contributed by atoms with Crippen LogP contribution < -0.4 is 14.8 Å². The van der Waals surface area contributed by atoms with Crippen molar-refractivity contribution in [2.75, 3.05) is 14.2 Å². The molecule has 0 saturated carbocycles. The fraction of sp³-hybridized carbons (Fsp3) is 0.417. The van der Waals surface area contributed by atoms with E-state index in [4.69, 9.17) is 14.6 Å². The van der Waals surface area contributed by atoms with Crippen LogP contribution in [0.3, 0.4) is 0 Å². The minimum Gasteiger partial charge on any atom is -0.497 e. The number of carboxylic acid groups (broad SMARTS) is 1. The SMILES string of the molecule is COc1cc(Br)c(CNC(C)C(=O)O)c(OC)c1. The third-order valence-corrected chi connectivity index (χ3v) is 3.25. The summed E-state index contributed by atoms with van der Waals surface area (Å²) in [7, 11) is 3.14. The van der Waals surface area contributed by atoms with Crippen molar-refractivity contribution in [2.45, 2.75) is 19.5 Å². The molecule has 5 nitrogen and oxygen atoms in total. The molecule has 1 aromatic rings. The molecule has 0 spiro atoms. The first kappa shape index (κ1) is 14.8. The summed E-state index contributed by atoms with van der Waals surface area (Å²) in [5.41, 5.74) is 0.853. The highest BCUT2D eigenvalue weighted by atomic mass is 79.9. The summed E-state index contributed by atoms with van der Waals surface area (Å²) >= 11 is 3.42. The molecule has 1 rings (SSSR count). The number of hydrogen-bond donors (Lipinski definition) is 2. The molecule has 0 aliphatic heterocycles. The second kappa shape index (κ2) is 6.61. The van der Waals surface area contributed by atoms with Gasteiger partial charge in [0.2, 0.25) is 0 Å². The van der Waals surface area contributed by atoms with Gasteiger partial charge in [-0.1, -0.05) is 15.9 Å². The first-order valence-electron chi connectivity index (χ1n) is 5.36. The fourth-order valence-electron chi connectivity index (χ4n) is 1.40. The molecule has 0 saturated heterocycles. The van der Waals surface area contributed by atoms with Crippen molar-refractivity contribution >= 4 is 21.9 Å². The van der Waals surface area contributed by atoms with Crippen LogP contribution in [0.2, 0.25) is 0 Å². The minimum atomic E-state index is -0.890. The minimum absolute atomic E-state index is 0.390. The second-order valence-electron chi connectivity index (χ2n) is 3.73. The number of halogens is 1. The van der Waals surface area contributed by atoms with Crippen LogP contribution in [0, 0.1) is 0 Å². The Labute approximate surface area is 114 Å². The van der Waals surface area contributed by atoms with Gasteiger partial charge in [0.1, 0.15) is 17.5 Å². The van der Waals surface area contributed by atoms with E-state index in [1.807, 2.05) is 6.07 Å². The average molecular weight is 318 g/mol. The lowest BCUT2D eigenvalue weighted by molar-refractivity contribution is -0.139. The van der Waals surface area contributed by atoms with Crippen LogP contribution >= 0.6 is 15.9 Å². The van der Waals surface area contributed by atoms with E-state index in [1.54, 1.807) is 27.2 Å². The Bertz CT molecular complexity index is 436. The van der Waals surface area contributed by atoms with Gasteiger partial charge in [0.05, 0.1) is 14.2 Å². The maximum atomic E-state index is 10.7. The summed E-state index contributed by atoms with van der Waals surface area (Å²) in [5, 5.41) is 11.7. The summed E-state index contributed by atoms with van der Waals surface area (Å²) < 4.78 is 11.2. The number of carbonyl (C=O) groups is 1. The van der Waals surface area contributed by atoms with Crippen LogP contribution in [0.25, 0.3) is 0 Å². The summed E-state index contributed by atoms with van der Waals surface area (Å²) in [6.07, 6.45) is 0. The van der Waals surface area contributed by atoms with Gasteiger partial charge >= 0.3 is 5.97 Å². The maximum absolute atomic E-state index is 10.7. The first-order chi connectivity index (χ1) is 8.49. The van der Waals surface area contributed by atoms with Gasteiger partial charge in [-0.2, -0.15) is 0 Å². The predicted octanol–water partition coefficient (Wildman–Crippen LogP) is 2.03. The lowest BCUT2D eigenvalue weighted by Gasteiger charge is -2.15. The highest BCUT2D eigenvalue weighted by Crippen LogP contribution is 2.32. The largest absolute Gasteiger partial charge is 0.497 e. The molecule has 100 valence electrons. The number of methoxy groups -OCH3 is 2.